The highest BCUT2D eigenvalue weighted by atomic mass is 35.5. The van der Waals surface area contributed by atoms with Crippen LogP contribution in [0.3, 0.4) is 0 Å². The van der Waals surface area contributed by atoms with Gasteiger partial charge in [0.05, 0.1) is 0 Å². The van der Waals surface area contributed by atoms with Gasteiger partial charge in [0.2, 0.25) is 0 Å². The molecule has 4 rings (SSSR count). The second kappa shape index (κ2) is 7.01. The monoisotopic (exact) mass is 404 g/mol. The van der Waals surface area contributed by atoms with E-state index in [2.05, 4.69) is 9.98 Å². The van der Waals surface area contributed by atoms with Gasteiger partial charge in [-0.3, -0.25) is 14.7 Å². The number of amides is 1. The zero-order valence-corrected chi connectivity index (χ0v) is 17.2. The van der Waals surface area contributed by atoms with Crippen LogP contribution in [0.1, 0.15) is 22.5 Å². The predicted octanol–water partition coefficient (Wildman–Crippen LogP) is 4.05. The smallest absolute Gasteiger partial charge is 0.266 e. The van der Waals surface area contributed by atoms with Crippen molar-refractivity contribution in [2.45, 2.75) is 19.4 Å². The molecule has 1 aliphatic heterocycles. The summed E-state index contributed by atoms with van der Waals surface area (Å²) in [5, 5.41) is 0.527. The molecule has 2 heterocycles. The summed E-state index contributed by atoms with van der Waals surface area (Å²) in [5.74, 6) is -0.0513. The molecule has 1 aromatic heterocycles. The van der Waals surface area contributed by atoms with Gasteiger partial charge in [-0.15, -0.1) is 0 Å². The molecule has 0 fully saturated rings. The number of aromatic nitrogens is 1. The van der Waals surface area contributed by atoms with Gasteiger partial charge in [0.25, 0.3) is 5.91 Å². The normalized spacial score (nSPS) is 18.8. The van der Waals surface area contributed by atoms with Gasteiger partial charge in [0.15, 0.2) is 11.5 Å². The third-order valence-corrected chi connectivity index (χ3v) is 5.38. The molecule has 29 heavy (non-hydrogen) atoms. The highest BCUT2D eigenvalue weighted by Gasteiger charge is 2.50. The molecule has 5 nitrogen and oxygen atoms in total. The summed E-state index contributed by atoms with van der Waals surface area (Å²) in [6, 6.07) is 19.3. The SMILES string of the molecule is Cc1cc(C2(c3cc(Cl)cc(-c4ccccc4)c3)N=C(N)N(C)C2=O)cc(C)n1. The maximum Gasteiger partial charge on any atom is 0.266 e. The molecular weight excluding hydrogens is 384 g/mol. The molecule has 2 N–H and O–H groups in total. The van der Waals surface area contributed by atoms with Crippen molar-refractivity contribution >= 4 is 23.5 Å². The summed E-state index contributed by atoms with van der Waals surface area (Å²) in [7, 11) is 1.63. The van der Waals surface area contributed by atoms with E-state index in [9.17, 15) is 4.79 Å². The van der Waals surface area contributed by atoms with Gasteiger partial charge >= 0.3 is 0 Å². The van der Waals surface area contributed by atoms with E-state index in [-0.39, 0.29) is 11.9 Å². The summed E-state index contributed by atoms with van der Waals surface area (Å²) in [4.78, 5) is 24.0. The molecular formula is C23H21ClN4O. The standard InChI is InChI=1S/C23H21ClN4O/c1-14-9-18(10-15(2)26-14)23(21(29)28(3)22(25)27-23)19-11-17(12-20(24)13-19)16-7-5-4-6-8-16/h4-13H,1-3H3,(H2,25,27). The minimum atomic E-state index is -1.30. The van der Waals surface area contributed by atoms with Crippen molar-refractivity contribution in [1.29, 1.82) is 0 Å². The van der Waals surface area contributed by atoms with E-state index in [0.717, 1.165) is 28.1 Å². The Hall–Kier alpha value is -3.18. The fourth-order valence-electron chi connectivity index (χ4n) is 3.82. The Morgan fingerprint density at radius 3 is 2.14 bits per heavy atom. The lowest BCUT2D eigenvalue weighted by atomic mass is 9.81. The number of benzene rings is 2. The van der Waals surface area contributed by atoms with Gasteiger partial charge in [-0.05, 0) is 66.4 Å². The van der Waals surface area contributed by atoms with Gasteiger partial charge in [0, 0.05) is 23.5 Å². The number of aliphatic imine (C=N–C) groups is 1. The minimum absolute atomic E-state index is 0.170. The first-order valence-corrected chi connectivity index (χ1v) is 9.65. The van der Waals surface area contributed by atoms with Crippen LogP contribution in [-0.2, 0) is 10.3 Å². The predicted molar refractivity (Wildman–Crippen MR) is 116 cm³/mol. The Bertz CT molecular complexity index is 1120. The average molecular weight is 405 g/mol. The Labute approximate surface area is 174 Å². The van der Waals surface area contributed by atoms with Crippen LogP contribution in [0.5, 0.6) is 0 Å². The van der Waals surface area contributed by atoms with Crippen molar-refractivity contribution in [2.75, 3.05) is 7.05 Å². The van der Waals surface area contributed by atoms with Crippen LogP contribution in [0.15, 0.2) is 65.7 Å². The Balaban J connectivity index is 2.02. The highest BCUT2D eigenvalue weighted by molar-refractivity contribution is 6.31. The lowest BCUT2D eigenvalue weighted by Gasteiger charge is -2.27. The average Bonchev–Trinajstić information content (AvgIpc) is 2.92. The van der Waals surface area contributed by atoms with Crippen LogP contribution in [-0.4, -0.2) is 28.8 Å². The number of carbonyl (C=O) groups is 1. The topological polar surface area (TPSA) is 71.6 Å². The van der Waals surface area contributed by atoms with E-state index >= 15 is 0 Å². The third kappa shape index (κ3) is 3.17. The largest absolute Gasteiger partial charge is 0.369 e. The van der Waals surface area contributed by atoms with Crippen LogP contribution in [0.2, 0.25) is 5.02 Å². The number of rotatable bonds is 3. The van der Waals surface area contributed by atoms with Crippen LogP contribution >= 0.6 is 11.6 Å². The molecule has 1 unspecified atom stereocenters. The first-order chi connectivity index (χ1) is 13.8. The summed E-state index contributed by atoms with van der Waals surface area (Å²) < 4.78 is 0. The molecule has 3 aromatic rings. The molecule has 1 amide bonds. The number of nitrogens with zero attached hydrogens (tertiary/aromatic N) is 3. The minimum Gasteiger partial charge on any atom is -0.369 e. The number of hydrogen-bond acceptors (Lipinski definition) is 4. The van der Waals surface area contributed by atoms with Crippen LogP contribution in [0.25, 0.3) is 11.1 Å². The molecule has 0 saturated heterocycles. The van der Waals surface area contributed by atoms with Crippen molar-refractivity contribution in [2.24, 2.45) is 10.7 Å². The number of guanidine groups is 1. The zero-order chi connectivity index (χ0) is 20.8. The number of pyridine rings is 1. The number of aryl methyl sites for hydroxylation is 2. The number of carbonyl (C=O) groups excluding carboxylic acids is 1. The third-order valence-electron chi connectivity index (χ3n) is 5.16. The lowest BCUT2D eigenvalue weighted by molar-refractivity contribution is -0.129. The Morgan fingerprint density at radius 2 is 1.55 bits per heavy atom. The highest BCUT2D eigenvalue weighted by Crippen LogP contribution is 2.42. The van der Waals surface area contributed by atoms with E-state index in [4.69, 9.17) is 17.3 Å². The van der Waals surface area contributed by atoms with Gasteiger partial charge in [-0.2, -0.15) is 0 Å². The molecule has 0 radical (unpaired) electrons. The molecule has 0 spiro atoms. The summed E-state index contributed by atoms with van der Waals surface area (Å²) in [5.41, 5.74) is 9.71. The van der Waals surface area contributed by atoms with Gasteiger partial charge in [-0.25, -0.2) is 4.99 Å². The number of likely N-dealkylation sites (N-methyl/N-ethyl adjacent to an activating group) is 1. The molecule has 1 atom stereocenters. The van der Waals surface area contributed by atoms with Crippen molar-refractivity contribution < 1.29 is 4.79 Å². The number of nitrogens with two attached hydrogens (primary N) is 1. The molecule has 1 aliphatic rings. The number of halogens is 1. The fraction of sp³-hybridized carbons (Fsp3) is 0.174. The summed E-state index contributed by atoms with van der Waals surface area (Å²) >= 11 is 6.49. The Morgan fingerprint density at radius 1 is 0.931 bits per heavy atom. The maximum absolute atomic E-state index is 13.5. The molecule has 6 heteroatoms. The molecule has 146 valence electrons. The lowest BCUT2D eigenvalue weighted by Crippen LogP contribution is -2.41. The van der Waals surface area contributed by atoms with E-state index in [1.807, 2.05) is 68.4 Å². The number of hydrogen-bond donors (Lipinski definition) is 1. The van der Waals surface area contributed by atoms with Crippen LogP contribution in [0.4, 0.5) is 0 Å². The zero-order valence-electron chi connectivity index (χ0n) is 16.5. The van der Waals surface area contributed by atoms with Gasteiger partial charge in [0.1, 0.15) is 0 Å². The second-order valence-corrected chi connectivity index (χ2v) is 7.71. The van der Waals surface area contributed by atoms with E-state index in [1.54, 1.807) is 13.1 Å². The van der Waals surface area contributed by atoms with Crippen LogP contribution < -0.4 is 5.73 Å². The van der Waals surface area contributed by atoms with Gasteiger partial charge < -0.3 is 5.73 Å². The van der Waals surface area contributed by atoms with E-state index < -0.39 is 5.54 Å². The molecule has 0 aliphatic carbocycles. The van der Waals surface area contributed by atoms with Crippen molar-refractivity contribution in [3.05, 3.63) is 88.2 Å². The second-order valence-electron chi connectivity index (χ2n) is 7.28. The molecule has 0 saturated carbocycles. The molecule has 0 bridgehead atoms. The van der Waals surface area contributed by atoms with E-state index in [0.29, 0.717) is 10.6 Å². The molecule has 2 aromatic carbocycles. The van der Waals surface area contributed by atoms with E-state index in [1.165, 1.54) is 4.90 Å². The van der Waals surface area contributed by atoms with Gasteiger partial charge in [-0.1, -0.05) is 41.9 Å². The maximum atomic E-state index is 13.5. The summed E-state index contributed by atoms with van der Waals surface area (Å²) in [6.45, 7) is 3.79. The van der Waals surface area contributed by atoms with Crippen molar-refractivity contribution in [3.63, 3.8) is 0 Å². The quantitative estimate of drug-likeness (QED) is 0.715. The van der Waals surface area contributed by atoms with Crippen molar-refractivity contribution in [3.8, 4) is 11.1 Å². The fourth-order valence-corrected chi connectivity index (χ4v) is 4.06. The van der Waals surface area contributed by atoms with Crippen LogP contribution in [0, 0.1) is 13.8 Å². The van der Waals surface area contributed by atoms with Crippen molar-refractivity contribution in [1.82, 2.24) is 9.88 Å². The first kappa shape index (κ1) is 19.2. The Kier molecular flexibility index (Phi) is 4.63. The summed E-state index contributed by atoms with van der Waals surface area (Å²) in [6.07, 6.45) is 0. The first-order valence-electron chi connectivity index (χ1n) is 9.27.